The quantitative estimate of drug-likeness (QED) is 0.329. The first-order chi connectivity index (χ1) is 13.8. The van der Waals surface area contributed by atoms with E-state index in [1.54, 1.807) is 16.4 Å². The Bertz CT molecular complexity index is 1040. The topological polar surface area (TPSA) is 81.7 Å². The fourth-order valence-electron chi connectivity index (χ4n) is 4.14. The van der Waals surface area contributed by atoms with Crippen molar-refractivity contribution in [2.75, 3.05) is 24.7 Å². The Morgan fingerprint density at radius 2 is 1.70 bits per heavy atom. The molecule has 0 heterocycles. The van der Waals surface area contributed by atoms with E-state index in [4.69, 9.17) is 11.6 Å². The number of phenolic OH excluding ortho intramolecular Hbond substituents is 1. The molecule has 2 aromatic rings. The molecule has 0 saturated heterocycles. The summed E-state index contributed by atoms with van der Waals surface area (Å²) in [5, 5.41) is 17.4. The van der Waals surface area contributed by atoms with Gasteiger partial charge in [0, 0.05) is 6.04 Å². The van der Waals surface area contributed by atoms with Crippen molar-refractivity contribution in [2.45, 2.75) is 52.0 Å². The van der Waals surface area contributed by atoms with Gasteiger partial charge in [0.25, 0.3) is 10.9 Å². The number of anilines is 3. The van der Waals surface area contributed by atoms with Gasteiger partial charge in [-0.1, -0.05) is 46.2 Å². The van der Waals surface area contributed by atoms with Crippen LogP contribution in [-0.4, -0.2) is 29.5 Å². The molecule has 0 radical (unpaired) electrons. The third kappa shape index (κ3) is 3.61. The molecule has 6 nitrogen and oxygen atoms in total. The van der Waals surface area contributed by atoms with E-state index in [9.17, 15) is 14.7 Å². The highest BCUT2D eigenvalue weighted by atomic mass is 35.5. The van der Waals surface area contributed by atoms with Crippen LogP contribution < -0.4 is 21.5 Å². The van der Waals surface area contributed by atoms with E-state index in [-0.39, 0.29) is 28.3 Å². The fraction of sp³-hybridized carbons (Fsp3) is 0.545. The van der Waals surface area contributed by atoms with Gasteiger partial charge in [0.2, 0.25) is 0 Å². The summed E-state index contributed by atoms with van der Waals surface area (Å²) in [6, 6.07) is 3.31. The average molecular weight is 452 g/mol. The van der Waals surface area contributed by atoms with Crippen molar-refractivity contribution >= 4 is 40.6 Å². The monoisotopic (exact) mass is 451 g/mol. The molecule has 1 aliphatic rings. The minimum atomic E-state index is -0.586. The number of rotatable bonds is 6. The minimum Gasteiger partial charge on any atom is -0.505 e. The second kappa shape index (κ2) is 7.77. The van der Waals surface area contributed by atoms with Crippen LogP contribution in [0.15, 0.2) is 26.6 Å². The highest BCUT2D eigenvalue weighted by Gasteiger charge is 2.53. The van der Waals surface area contributed by atoms with Crippen molar-refractivity contribution in [1.29, 1.82) is 0 Å². The van der Waals surface area contributed by atoms with Gasteiger partial charge in [-0.05, 0) is 61.3 Å². The van der Waals surface area contributed by atoms with Crippen LogP contribution in [0.25, 0.3) is 0 Å². The molecule has 3 N–H and O–H groups in total. The van der Waals surface area contributed by atoms with Crippen molar-refractivity contribution in [2.24, 2.45) is 16.7 Å². The Morgan fingerprint density at radius 3 is 2.23 bits per heavy atom. The second-order valence-corrected chi connectivity index (χ2v) is 11.2. The lowest BCUT2D eigenvalue weighted by molar-refractivity contribution is 0.109. The second-order valence-electron chi connectivity index (χ2n) is 9.49. The molecule has 8 heteroatoms. The summed E-state index contributed by atoms with van der Waals surface area (Å²) in [4.78, 5) is 25.1. The Kier molecular flexibility index (Phi) is 5.95. The van der Waals surface area contributed by atoms with Gasteiger partial charge in [-0.3, -0.25) is 13.9 Å². The zero-order valence-electron chi connectivity index (χ0n) is 18.5. The normalized spacial score (nSPS) is 22.6. The van der Waals surface area contributed by atoms with Crippen LogP contribution >= 0.6 is 23.5 Å². The summed E-state index contributed by atoms with van der Waals surface area (Å²) in [5.74, 6) is 0.412. The van der Waals surface area contributed by atoms with Gasteiger partial charge in [-0.15, -0.1) is 0 Å². The van der Waals surface area contributed by atoms with Crippen LogP contribution in [0.2, 0.25) is 5.02 Å². The molecule has 1 saturated carbocycles. The first kappa shape index (κ1) is 23.0. The van der Waals surface area contributed by atoms with Gasteiger partial charge in [0.05, 0.1) is 15.6 Å². The molecule has 1 fully saturated rings. The molecule has 2 unspecified atom stereocenters. The number of halogens is 1. The Hall–Kier alpha value is -1.70. The maximum Gasteiger partial charge on any atom is 0.253 e. The zero-order chi connectivity index (χ0) is 22.6. The summed E-state index contributed by atoms with van der Waals surface area (Å²) >= 11 is 7.49. The molecular weight excluding hydrogens is 422 g/mol. The van der Waals surface area contributed by atoms with Crippen LogP contribution in [0.3, 0.4) is 0 Å². The van der Waals surface area contributed by atoms with Gasteiger partial charge in [0.15, 0.2) is 5.75 Å². The van der Waals surface area contributed by atoms with Crippen molar-refractivity contribution in [3.8, 4) is 5.75 Å². The standard InChI is InChI=1S/C22H30ClN3O3S/c1-11-10-14(22(4,5)21(11,2)3)25-16-15(18(28)19(16)29)24-13-9-8-12(23)20(17(13)27)30-26(6)7/h8-9,11,14,24-25,27H,10H2,1-7H3. The van der Waals surface area contributed by atoms with Crippen LogP contribution in [0, 0.1) is 16.7 Å². The molecule has 30 heavy (non-hydrogen) atoms. The molecular formula is C22H30ClN3O3S. The van der Waals surface area contributed by atoms with Crippen molar-refractivity contribution in [3.63, 3.8) is 0 Å². The lowest BCUT2D eigenvalue weighted by Gasteiger charge is -2.41. The number of phenols is 1. The van der Waals surface area contributed by atoms with E-state index in [1.807, 2.05) is 14.1 Å². The maximum absolute atomic E-state index is 12.4. The SMILES string of the molecule is CC1CC(Nc2c(Nc3ccc(Cl)c(SN(C)C)c3O)c(=O)c2=O)C(C)(C)C1(C)C. The summed E-state index contributed by atoms with van der Waals surface area (Å²) in [6.45, 7) is 11.1. The lowest BCUT2D eigenvalue weighted by atomic mass is 9.66. The molecule has 0 aromatic heterocycles. The molecule has 0 bridgehead atoms. The summed E-state index contributed by atoms with van der Waals surface area (Å²) in [7, 11) is 3.68. The minimum absolute atomic E-state index is 0.0591. The third-order valence-corrected chi connectivity index (χ3v) is 8.59. The summed E-state index contributed by atoms with van der Waals surface area (Å²) in [6.07, 6.45) is 0.911. The molecule has 3 rings (SSSR count). The molecule has 0 amide bonds. The Balaban J connectivity index is 1.91. The number of hydrogen-bond donors (Lipinski definition) is 3. The third-order valence-electron chi connectivity index (χ3n) is 7.20. The van der Waals surface area contributed by atoms with Crippen molar-refractivity contribution in [1.82, 2.24) is 4.31 Å². The predicted molar refractivity (Wildman–Crippen MR) is 126 cm³/mol. The average Bonchev–Trinajstić information content (AvgIpc) is 2.81. The molecule has 0 spiro atoms. The number of nitrogens with zero attached hydrogens (tertiary/aromatic N) is 1. The largest absolute Gasteiger partial charge is 0.505 e. The van der Waals surface area contributed by atoms with Crippen LogP contribution in [-0.2, 0) is 0 Å². The van der Waals surface area contributed by atoms with E-state index in [0.29, 0.717) is 27.2 Å². The highest BCUT2D eigenvalue weighted by molar-refractivity contribution is 7.97. The molecule has 164 valence electrons. The van der Waals surface area contributed by atoms with E-state index < -0.39 is 10.9 Å². The van der Waals surface area contributed by atoms with Crippen LogP contribution in [0.4, 0.5) is 17.1 Å². The first-order valence-electron chi connectivity index (χ1n) is 10.0. The zero-order valence-corrected chi connectivity index (χ0v) is 20.1. The summed E-state index contributed by atoms with van der Waals surface area (Å²) < 4.78 is 1.81. The Morgan fingerprint density at radius 1 is 1.10 bits per heavy atom. The summed E-state index contributed by atoms with van der Waals surface area (Å²) in [5.41, 5.74) is -0.285. The number of nitrogens with one attached hydrogen (secondary N) is 2. The van der Waals surface area contributed by atoms with Gasteiger partial charge in [0.1, 0.15) is 11.4 Å². The molecule has 1 aliphatic carbocycles. The van der Waals surface area contributed by atoms with Gasteiger partial charge in [-0.25, -0.2) is 0 Å². The Labute approximate surface area is 186 Å². The van der Waals surface area contributed by atoms with E-state index in [1.165, 1.54) is 11.9 Å². The molecule has 2 atom stereocenters. The van der Waals surface area contributed by atoms with Crippen molar-refractivity contribution < 1.29 is 5.11 Å². The smallest absolute Gasteiger partial charge is 0.253 e. The van der Waals surface area contributed by atoms with Crippen LogP contribution in [0.1, 0.15) is 41.0 Å². The predicted octanol–water partition coefficient (Wildman–Crippen LogP) is 4.83. The number of benzene rings is 1. The maximum atomic E-state index is 12.4. The van der Waals surface area contributed by atoms with E-state index >= 15 is 0 Å². The number of hydrogen-bond acceptors (Lipinski definition) is 7. The lowest BCUT2D eigenvalue weighted by Crippen LogP contribution is -2.44. The van der Waals surface area contributed by atoms with E-state index in [0.717, 1.165) is 6.42 Å². The molecule has 2 aromatic carbocycles. The van der Waals surface area contributed by atoms with Gasteiger partial charge >= 0.3 is 0 Å². The molecule has 0 aliphatic heterocycles. The van der Waals surface area contributed by atoms with Crippen molar-refractivity contribution in [3.05, 3.63) is 37.6 Å². The fourth-order valence-corrected chi connectivity index (χ4v) is 5.11. The van der Waals surface area contributed by atoms with Gasteiger partial charge in [-0.2, -0.15) is 0 Å². The van der Waals surface area contributed by atoms with Crippen LogP contribution in [0.5, 0.6) is 5.75 Å². The van der Waals surface area contributed by atoms with E-state index in [2.05, 4.69) is 45.3 Å². The first-order valence-corrected chi connectivity index (χ1v) is 11.2. The highest BCUT2D eigenvalue weighted by Crippen LogP contribution is 2.56. The number of aromatic hydroxyl groups is 1. The van der Waals surface area contributed by atoms with Gasteiger partial charge < -0.3 is 15.7 Å².